The number of rotatable bonds is 1. The molecule has 1 aliphatic heterocycles. The van der Waals surface area contributed by atoms with E-state index in [0.29, 0.717) is 11.7 Å². The fraction of sp³-hybridized carbons (Fsp3) is 0. The van der Waals surface area contributed by atoms with E-state index < -0.39 is 0 Å². The van der Waals surface area contributed by atoms with Gasteiger partial charge in [0.15, 0.2) is 0 Å². The number of nitrogens with zero attached hydrogens (tertiary/aromatic N) is 1. The van der Waals surface area contributed by atoms with Crippen LogP contribution < -0.4 is 4.90 Å². The molecule has 0 radical (unpaired) electrons. The Kier molecular flexibility index (Phi) is 2.05. The zero-order chi connectivity index (χ0) is 11.8. The lowest BCUT2D eigenvalue weighted by molar-refractivity contribution is 1.35. The van der Waals surface area contributed by atoms with Gasteiger partial charge in [0.2, 0.25) is 0 Å². The Morgan fingerprint density at radius 1 is 0.765 bits per heavy atom. The maximum absolute atomic E-state index is 7.85. The number of hydrogen-bond donors (Lipinski definition) is 2. The zero-order valence-electron chi connectivity index (χ0n) is 9.14. The SMILES string of the molecule is N=C1C=CC(=N)N1c1cccc2ccccc12. The smallest absolute Gasteiger partial charge is 0.131 e. The first-order valence-corrected chi connectivity index (χ1v) is 5.40. The highest BCUT2D eigenvalue weighted by Gasteiger charge is 2.20. The second kappa shape index (κ2) is 3.56. The predicted molar refractivity (Wildman–Crippen MR) is 71.0 cm³/mol. The van der Waals surface area contributed by atoms with E-state index in [2.05, 4.69) is 0 Å². The van der Waals surface area contributed by atoms with Crippen LogP contribution in [0.2, 0.25) is 0 Å². The Morgan fingerprint density at radius 3 is 2.18 bits per heavy atom. The molecule has 0 saturated heterocycles. The summed E-state index contributed by atoms with van der Waals surface area (Å²) in [6, 6.07) is 14.0. The van der Waals surface area contributed by atoms with Crippen LogP contribution in [0.1, 0.15) is 0 Å². The molecule has 3 nitrogen and oxygen atoms in total. The first kappa shape index (κ1) is 9.78. The molecule has 1 heterocycles. The summed E-state index contributed by atoms with van der Waals surface area (Å²) in [5, 5.41) is 17.9. The molecule has 0 spiro atoms. The highest BCUT2D eigenvalue weighted by atomic mass is 15.2. The summed E-state index contributed by atoms with van der Waals surface area (Å²) in [6.45, 7) is 0. The average molecular weight is 221 g/mol. The quantitative estimate of drug-likeness (QED) is 0.763. The van der Waals surface area contributed by atoms with Gasteiger partial charge in [0.05, 0.1) is 5.69 Å². The molecule has 17 heavy (non-hydrogen) atoms. The standard InChI is InChI=1S/C14H11N3/c15-13-8-9-14(16)17(13)12-7-3-5-10-4-1-2-6-11(10)12/h1-9,15-16H. The Labute approximate surface area is 99.0 Å². The van der Waals surface area contributed by atoms with Gasteiger partial charge in [0.1, 0.15) is 11.7 Å². The molecule has 2 aromatic carbocycles. The number of anilines is 1. The van der Waals surface area contributed by atoms with Crippen LogP contribution >= 0.6 is 0 Å². The van der Waals surface area contributed by atoms with Gasteiger partial charge in [-0.15, -0.1) is 0 Å². The third-order valence-corrected chi connectivity index (χ3v) is 2.89. The Balaban J connectivity index is 2.24. The molecule has 0 amide bonds. The van der Waals surface area contributed by atoms with Gasteiger partial charge in [-0.2, -0.15) is 0 Å². The molecule has 0 aromatic heterocycles. The van der Waals surface area contributed by atoms with Crippen molar-refractivity contribution in [2.24, 2.45) is 0 Å². The van der Waals surface area contributed by atoms with Crippen LogP contribution in [0.3, 0.4) is 0 Å². The second-order valence-corrected chi connectivity index (χ2v) is 3.94. The monoisotopic (exact) mass is 221 g/mol. The van der Waals surface area contributed by atoms with E-state index in [-0.39, 0.29) is 0 Å². The summed E-state index contributed by atoms with van der Waals surface area (Å²) in [4.78, 5) is 1.64. The molecule has 0 unspecified atom stereocenters. The molecule has 82 valence electrons. The van der Waals surface area contributed by atoms with Crippen molar-refractivity contribution < 1.29 is 0 Å². The summed E-state index contributed by atoms with van der Waals surface area (Å²) in [5.41, 5.74) is 0.892. The van der Waals surface area contributed by atoms with E-state index in [4.69, 9.17) is 10.8 Å². The number of hydrogen-bond acceptors (Lipinski definition) is 2. The highest BCUT2D eigenvalue weighted by molar-refractivity contribution is 6.32. The first-order chi connectivity index (χ1) is 8.27. The molecule has 3 rings (SSSR count). The molecule has 0 aliphatic carbocycles. The van der Waals surface area contributed by atoms with Crippen molar-refractivity contribution in [1.29, 1.82) is 10.8 Å². The van der Waals surface area contributed by atoms with Crippen molar-refractivity contribution in [3.8, 4) is 0 Å². The molecule has 3 heteroatoms. The molecule has 1 aliphatic rings. The van der Waals surface area contributed by atoms with Crippen molar-refractivity contribution in [3.63, 3.8) is 0 Å². The number of amidine groups is 2. The topological polar surface area (TPSA) is 50.9 Å². The summed E-state index contributed by atoms with van der Waals surface area (Å²) < 4.78 is 0. The normalized spacial score (nSPS) is 14.9. The fourth-order valence-corrected chi connectivity index (χ4v) is 2.10. The third kappa shape index (κ3) is 1.44. The minimum Gasteiger partial charge on any atom is -0.284 e. The van der Waals surface area contributed by atoms with Gasteiger partial charge in [-0.3, -0.25) is 15.7 Å². The van der Waals surface area contributed by atoms with Crippen LogP contribution in [-0.4, -0.2) is 11.7 Å². The maximum atomic E-state index is 7.85. The van der Waals surface area contributed by atoms with Crippen molar-refractivity contribution in [2.45, 2.75) is 0 Å². The van der Waals surface area contributed by atoms with Gasteiger partial charge in [-0.25, -0.2) is 0 Å². The van der Waals surface area contributed by atoms with Crippen LogP contribution in [0.25, 0.3) is 10.8 Å². The van der Waals surface area contributed by atoms with E-state index in [1.54, 1.807) is 17.1 Å². The third-order valence-electron chi connectivity index (χ3n) is 2.89. The number of fused-ring (bicyclic) bond motifs is 1. The van der Waals surface area contributed by atoms with E-state index in [1.165, 1.54) is 0 Å². The van der Waals surface area contributed by atoms with E-state index in [1.807, 2.05) is 42.5 Å². The molecular weight excluding hydrogens is 210 g/mol. The van der Waals surface area contributed by atoms with E-state index >= 15 is 0 Å². The predicted octanol–water partition coefficient (Wildman–Crippen LogP) is 3.17. The molecule has 0 fully saturated rings. The van der Waals surface area contributed by atoms with Crippen molar-refractivity contribution in [3.05, 3.63) is 54.6 Å². The largest absolute Gasteiger partial charge is 0.284 e. The average Bonchev–Trinajstić information content (AvgIpc) is 2.69. The lowest BCUT2D eigenvalue weighted by Crippen LogP contribution is -2.28. The minimum atomic E-state index is 0.339. The molecule has 0 atom stereocenters. The Morgan fingerprint density at radius 2 is 1.41 bits per heavy atom. The van der Waals surface area contributed by atoms with Crippen molar-refractivity contribution in [2.75, 3.05) is 4.90 Å². The van der Waals surface area contributed by atoms with Gasteiger partial charge < -0.3 is 0 Å². The molecule has 0 saturated carbocycles. The Hall–Kier alpha value is -2.42. The van der Waals surface area contributed by atoms with Crippen LogP contribution in [0, 0.1) is 10.8 Å². The molecule has 0 bridgehead atoms. The van der Waals surface area contributed by atoms with E-state index in [9.17, 15) is 0 Å². The van der Waals surface area contributed by atoms with Gasteiger partial charge in [0.25, 0.3) is 0 Å². The van der Waals surface area contributed by atoms with Crippen molar-refractivity contribution in [1.82, 2.24) is 0 Å². The first-order valence-electron chi connectivity index (χ1n) is 5.40. The van der Waals surface area contributed by atoms with Crippen LogP contribution in [-0.2, 0) is 0 Å². The van der Waals surface area contributed by atoms with Gasteiger partial charge in [-0.1, -0.05) is 36.4 Å². The van der Waals surface area contributed by atoms with Crippen LogP contribution in [0.4, 0.5) is 5.69 Å². The molecule has 2 N–H and O–H groups in total. The second-order valence-electron chi connectivity index (χ2n) is 3.94. The fourth-order valence-electron chi connectivity index (χ4n) is 2.10. The lowest BCUT2D eigenvalue weighted by Gasteiger charge is -2.19. The highest BCUT2D eigenvalue weighted by Crippen LogP contribution is 2.28. The number of nitrogens with one attached hydrogen (secondary N) is 2. The summed E-state index contributed by atoms with van der Waals surface area (Å²) in [5.74, 6) is 0.678. The van der Waals surface area contributed by atoms with Gasteiger partial charge in [0, 0.05) is 5.39 Å². The minimum absolute atomic E-state index is 0.339. The Bertz CT molecular complexity index is 632. The van der Waals surface area contributed by atoms with Crippen LogP contribution in [0.15, 0.2) is 54.6 Å². The van der Waals surface area contributed by atoms with Gasteiger partial charge in [-0.05, 0) is 23.6 Å². The van der Waals surface area contributed by atoms with Crippen LogP contribution in [0.5, 0.6) is 0 Å². The van der Waals surface area contributed by atoms with Crippen molar-refractivity contribution >= 4 is 28.1 Å². The summed E-state index contributed by atoms with van der Waals surface area (Å²) in [7, 11) is 0. The van der Waals surface area contributed by atoms with E-state index in [0.717, 1.165) is 16.5 Å². The zero-order valence-corrected chi connectivity index (χ0v) is 9.14. The maximum Gasteiger partial charge on any atom is 0.131 e. The number of benzene rings is 2. The summed E-state index contributed by atoms with van der Waals surface area (Å²) >= 11 is 0. The summed E-state index contributed by atoms with van der Waals surface area (Å²) in [6.07, 6.45) is 3.29. The molecule has 2 aromatic rings. The van der Waals surface area contributed by atoms with Gasteiger partial charge >= 0.3 is 0 Å². The molecular formula is C14H11N3. The lowest BCUT2D eigenvalue weighted by atomic mass is 10.1.